The highest BCUT2D eigenvalue weighted by molar-refractivity contribution is 7.88. The summed E-state index contributed by atoms with van der Waals surface area (Å²) in [6, 6.07) is 0. The molecule has 0 saturated heterocycles. The molecule has 28 heavy (non-hydrogen) atoms. The van der Waals surface area contributed by atoms with Gasteiger partial charge in [-0.25, -0.2) is 13.1 Å². The number of nitrogens with two attached hydrogens (primary N) is 1. The summed E-state index contributed by atoms with van der Waals surface area (Å²) in [4.78, 5) is 2.33. The maximum Gasteiger partial charge on any atom is 0.208 e. The Hall–Kier alpha value is -1.67. The number of hydrogen-bond donors (Lipinski definition) is 3. The Morgan fingerprint density at radius 2 is 2.04 bits per heavy atom. The zero-order valence-corrected chi connectivity index (χ0v) is 17.3. The number of rotatable bonds is 6. The molecule has 2 aliphatic heterocycles. The van der Waals surface area contributed by atoms with Crippen molar-refractivity contribution >= 4 is 10.0 Å². The number of hydrogen-bond acceptors (Lipinski definition) is 5. The molecule has 2 aliphatic carbocycles. The molecule has 0 radical (unpaired) electrons. The maximum atomic E-state index is 11.3. The molecule has 1 unspecified atom stereocenters. The molecule has 0 aromatic heterocycles. The molecule has 4 N–H and O–H groups in total. The van der Waals surface area contributed by atoms with E-state index in [1.54, 1.807) is 0 Å². The molecule has 0 spiro atoms. The summed E-state index contributed by atoms with van der Waals surface area (Å²) in [6.45, 7) is 2.49. The lowest BCUT2D eigenvalue weighted by Crippen LogP contribution is -2.54. The van der Waals surface area contributed by atoms with Crippen molar-refractivity contribution in [3.05, 3.63) is 58.5 Å². The predicted molar refractivity (Wildman–Crippen MR) is 113 cm³/mol. The molecule has 152 valence electrons. The molecule has 0 aromatic rings. The van der Waals surface area contributed by atoms with E-state index < -0.39 is 10.0 Å². The van der Waals surface area contributed by atoms with Gasteiger partial charge in [-0.05, 0) is 61.0 Å². The van der Waals surface area contributed by atoms with Crippen LogP contribution in [-0.2, 0) is 10.0 Å². The van der Waals surface area contributed by atoms with E-state index in [2.05, 4.69) is 45.4 Å². The van der Waals surface area contributed by atoms with Gasteiger partial charge in [0.2, 0.25) is 10.0 Å². The molecular weight excluding hydrogens is 372 g/mol. The normalized spacial score (nSPS) is 26.8. The molecule has 6 nitrogen and oxygen atoms in total. The Balaban J connectivity index is 1.49. The Morgan fingerprint density at radius 3 is 2.82 bits per heavy atom. The van der Waals surface area contributed by atoms with E-state index in [0.717, 1.165) is 38.6 Å². The largest absolute Gasteiger partial charge is 0.344 e. The first kappa shape index (κ1) is 19.6. The predicted octanol–water partition coefficient (Wildman–Crippen LogP) is 1.68. The Bertz CT molecular complexity index is 911. The monoisotopic (exact) mass is 402 g/mol. The third kappa shape index (κ3) is 3.89. The lowest BCUT2D eigenvalue weighted by molar-refractivity contribution is 0.290. The van der Waals surface area contributed by atoms with Crippen LogP contribution in [-0.4, -0.2) is 51.3 Å². The SMILES string of the molecule is CS(=O)(=O)NCCNC1(CN)CCC2=C(CCC3=C4C=CC=CN4CC=C23)C1. The molecule has 4 aliphatic rings. The van der Waals surface area contributed by atoms with Crippen molar-refractivity contribution < 1.29 is 8.42 Å². The van der Waals surface area contributed by atoms with Crippen molar-refractivity contribution in [2.24, 2.45) is 5.73 Å². The zero-order valence-electron chi connectivity index (χ0n) is 16.5. The second kappa shape index (κ2) is 7.63. The standard InChI is InChI=1S/C21H30N4O2S/c1-28(26,27)24-11-10-23-21(15-22)9-7-17-16(14-21)5-6-19-18(17)8-13-25-12-3-2-4-20(19)25/h2-4,8,12,23-24H,5-7,9-11,13-15,22H2,1H3. The van der Waals surface area contributed by atoms with Gasteiger partial charge in [0.25, 0.3) is 0 Å². The van der Waals surface area contributed by atoms with Crippen molar-refractivity contribution in [2.45, 2.75) is 37.6 Å². The molecule has 4 rings (SSSR count). The number of allylic oxidation sites excluding steroid dienone is 6. The summed E-state index contributed by atoms with van der Waals surface area (Å²) in [7, 11) is -3.15. The van der Waals surface area contributed by atoms with Gasteiger partial charge < -0.3 is 16.0 Å². The molecule has 0 aromatic carbocycles. The molecule has 1 atom stereocenters. The van der Waals surface area contributed by atoms with Gasteiger partial charge in [-0.15, -0.1) is 0 Å². The topological polar surface area (TPSA) is 87.5 Å². The number of sulfonamides is 1. The van der Waals surface area contributed by atoms with Gasteiger partial charge >= 0.3 is 0 Å². The number of fused-ring (bicyclic) bond motifs is 3. The number of nitrogens with one attached hydrogen (secondary N) is 2. The summed E-state index contributed by atoms with van der Waals surface area (Å²) >= 11 is 0. The highest BCUT2D eigenvalue weighted by Gasteiger charge is 2.38. The van der Waals surface area contributed by atoms with Gasteiger partial charge in [0, 0.05) is 43.6 Å². The fourth-order valence-corrected chi connectivity index (χ4v) is 5.35. The van der Waals surface area contributed by atoms with Crippen molar-refractivity contribution in [1.82, 2.24) is 14.9 Å². The zero-order chi connectivity index (χ0) is 19.8. The van der Waals surface area contributed by atoms with Crippen LogP contribution in [0.1, 0.15) is 32.1 Å². The van der Waals surface area contributed by atoms with Crippen molar-refractivity contribution in [3.8, 4) is 0 Å². The van der Waals surface area contributed by atoms with Crippen LogP contribution in [0, 0.1) is 0 Å². The first-order valence-corrected chi connectivity index (χ1v) is 12.0. The van der Waals surface area contributed by atoms with Crippen molar-refractivity contribution in [2.75, 3.05) is 32.4 Å². The van der Waals surface area contributed by atoms with Gasteiger partial charge in [0.1, 0.15) is 0 Å². The van der Waals surface area contributed by atoms with Gasteiger partial charge in [0.15, 0.2) is 0 Å². The van der Waals surface area contributed by atoms with E-state index in [9.17, 15) is 8.42 Å². The van der Waals surface area contributed by atoms with Gasteiger partial charge in [-0.3, -0.25) is 0 Å². The first-order valence-electron chi connectivity index (χ1n) is 10.1. The van der Waals surface area contributed by atoms with Gasteiger partial charge in [0.05, 0.1) is 6.26 Å². The van der Waals surface area contributed by atoms with Crippen LogP contribution in [0.4, 0.5) is 0 Å². The van der Waals surface area contributed by atoms with Crippen molar-refractivity contribution in [3.63, 3.8) is 0 Å². The molecule has 0 bridgehead atoms. The van der Waals surface area contributed by atoms with E-state index in [4.69, 9.17) is 5.73 Å². The van der Waals surface area contributed by atoms with Crippen LogP contribution >= 0.6 is 0 Å². The minimum atomic E-state index is -3.15. The average Bonchev–Trinajstić information content (AvgIpc) is 2.70. The summed E-state index contributed by atoms with van der Waals surface area (Å²) < 4.78 is 25.1. The minimum absolute atomic E-state index is 0.128. The lowest BCUT2D eigenvalue weighted by Gasteiger charge is -2.43. The average molecular weight is 403 g/mol. The molecule has 2 heterocycles. The van der Waals surface area contributed by atoms with Gasteiger partial charge in [-0.2, -0.15) is 0 Å². The van der Waals surface area contributed by atoms with Crippen LogP contribution in [0.15, 0.2) is 58.5 Å². The van der Waals surface area contributed by atoms with Crippen LogP contribution < -0.4 is 15.8 Å². The second-order valence-electron chi connectivity index (χ2n) is 8.17. The third-order valence-corrected chi connectivity index (χ3v) is 7.01. The van der Waals surface area contributed by atoms with E-state index in [-0.39, 0.29) is 5.54 Å². The summed E-state index contributed by atoms with van der Waals surface area (Å²) in [5.74, 6) is 0. The van der Waals surface area contributed by atoms with E-state index in [1.165, 1.54) is 34.2 Å². The van der Waals surface area contributed by atoms with Crippen LogP contribution in [0.2, 0.25) is 0 Å². The molecule has 7 heteroatoms. The Kier molecular flexibility index (Phi) is 5.35. The van der Waals surface area contributed by atoms with Crippen LogP contribution in [0.5, 0.6) is 0 Å². The van der Waals surface area contributed by atoms with Crippen LogP contribution in [0.3, 0.4) is 0 Å². The summed E-state index contributed by atoms with van der Waals surface area (Å²) in [5.41, 5.74) is 13.4. The molecule has 0 amide bonds. The Labute approximate surface area is 168 Å². The highest BCUT2D eigenvalue weighted by Crippen LogP contribution is 2.47. The summed E-state index contributed by atoms with van der Waals surface area (Å²) in [5, 5.41) is 3.56. The Morgan fingerprint density at radius 1 is 1.18 bits per heavy atom. The van der Waals surface area contributed by atoms with Gasteiger partial charge in [-0.1, -0.05) is 17.7 Å². The second-order valence-corrected chi connectivity index (χ2v) is 10.0. The fraction of sp³-hybridized carbons (Fsp3) is 0.524. The third-order valence-electron chi connectivity index (χ3n) is 6.28. The number of nitrogens with zero attached hydrogens (tertiary/aromatic N) is 1. The minimum Gasteiger partial charge on any atom is -0.344 e. The quantitative estimate of drug-likeness (QED) is 0.589. The highest BCUT2D eigenvalue weighted by atomic mass is 32.2. The summed E-state index contributed by atoms with van der Waals surface area (Å²) in [6.07, 6.45) is 17.3. The van der Waals surface area contributed by atoms with E-state index >= 15 is 0 Å². The first-order chi connectivity index (χ1) is 13.4. The van der Waals surface area contributed by atoms with E-state index in [1.807, 2.05) is 0 Å². The molecular formula is C21H30N4O2S. The molecule has 0 saturated carbocycles. The fourth-order valence-electron chi connectivity index (χ4n) is 4.87. The lowest BCUT2D eigenvalue weighted by atomic mass is 9.69. The van der Waals surface area contributed by atoms with Crippen molar-refractivity contribution in [1.29, 1.82) is 0 Å². The van der Waals surface area contributed by atoms with E-state index in [0.29, 0.717) is 19.6 Å². The smallest absolute Gasteiger partial charge is 0.208 e. The maximum absolute atomic E-state index is 11.3. The van der Waals surface area contributed by atoms with Crippen LogP contribution in [0.25, 0.3) is 0 Å². The molecule has 0 fully saturated rings.